The van der Waals surface area contributed by atoms with Gasteiger partial charge in [-0.15, -0.1) is 0 Å². The summed E-state index contributed by atoms with van der Waals surface area (Å²) in [5, 5.41) is 4.63. The molecular weight excluding hydrogens is 238 g/mol. The van der Waals surface area contributed by atoms with Crippen molar-refractivity contribution in [3.63, 3.8) is 0 Å². The highest BCUT2D eigenvalue weighted by Gasteiger charge is 2.07. The number of rotatable bonds is 3. The van der Waals surface area contributed by atoms with E-state index in [1.807, 2.05) is 26.1 Å². The number of hydrogen-bond donors (Lipinski definition) is 1. The Balaban J connectivity index is 2.20. The lowest BCUT2D eigenvalue weighted by molar-refractivity contribution is 0.481. The van der Waals surface area contributed by atoms with Crippen LogP contribution in [0.5, 0.6) is 11.5 Å². The summed E-state index contributed by atoms with van der Waals surface area (Å²) in [6, 6.07) is 5.39. The van der Waals surface area contributed by atoms with E-state index in [4.69, 9.17) is 22.1 Å². The first-order valence-corrected chi connectivity index (χ1v) is 5.65. The lowest BCUT2D eigenvalue weighted by Crippen LogP contribution is -2.05. The number of nitrogens with zero attached hydrogens (tertiary/aromatic N) is 2. The first kappa shape index (κ1) is 12.0. The van der Waals surface area contributed by atoms with E-state index in [1.54, 1.807) is 23.1 Å². The monoisotopic (exact) mass is 251 g/mol. The molecule has 5 heteroatoms. The summed E-state index contributed by atoms with van der Waals surface area (Å²) in [6.07, 6.45) is 3.43. The van der Waals surface area contributed by atoms with Crippen molar-refractivity contribution in [2.45, 2.75) is 13.0 Å². The highest BCUT2D eigenvalue weighted by molar-refractivity contribution is 6.31. The molecule has 90 valence electrons. The Morgan fingerprint density at radius 2 is 2.18 bits per heavy atom. The van der Waals surface area contributed by atoms with Gasteiger partial charge in [-0.05, 0) is 24.6 Å². The maximum absolute atomic E-state index is 6.11. The minimum atomic E-state index is -0.0880. The van der Waals surface area contributed by atoms with Crippen LogP contribution in [0.3, 0.4) is 0 Å². The van der Waals surface area contributed by atoms with Crippen molar-refractivity contribution in [2.75, 3.05) is 0 Å². The Labute approximate surface area is 105 Å². The van der Waals surface area contributed by atoms with Gasteiger partial charge in [-0.2, -0.15) is 5.10 Å². The van der Waals surface area contributed by atoms with Crippen molar-refractivity contribution in [3.05, 3.63) is 41.2 Å². The van der Waals surface area contributed by atoms with Gasteiger partial charge in [0.05, 0.1) is 12.4 Å². The second kappa shape index (κ2) is 4.77. The SMILES string of the molecule is CC(N)c1ccc(Oc2cnn(C)c2)cc1Cl. The number of benzene rings is 1. The van der Waals surface area contributed by atoms with Crippen LogP contribution in [0.2, 0.25) is 5.02 Å². The standard InChI is InChI=1S/C12H14ClN3O/c1-8(14)11-4-3-9(5-12(11)13)17-10-6-15-16(2)7-10/h3-8H,14H2,1-2H3. The summed E-state index contributed by atoms with van der Waals surface area (Å²) in [5.74, 6) is 1.35. The fourth-order valence-corrected chi connectivity index (χ4v) is 1.87. The van der Waals surface area contributed by atoms with E-state index in [1.165, 1.54) is 0 Å². The normalized spacial score (nSPS) is 12.5. The largest absolute Gasteiger partial charge is 0.454 e. The molecule has 1 unspecified atom stereocenters. The van der Waals surface area contributed by atoms with Gasteiger partial charge in [0.25, 0.3) is 0 Å². The quantitative estimate of drug-likeness (QED) is 0.913. The minimum Gasteiger partial charge on any atom is -0.454 e. The van der Waals surface area contributed by atoms with Crippen LogP contribution in [0.25, 0.3) is 0 Å². The average molecular weight is 252 g/mol. The zero-order valence-electron chi connectivity index (χ0n) is 9.72. The molecule has 0 saturated heterocycles. The maximum Gasteiger partial charge on any atom is 0.165 e. The van der Waals surface area contributed by atoms with Crippen molar-refractivity contribution >= 4 is 11.6 Å². The van der Waals surface area contributed by atoms with Gasteiger partial charge >= 0.3 is 0 Å². The number of nitrogens with two attached hydrogens (primary N) is 1. The zero-order valence-corrected chi connectivity index (χ0v) is 10.5. The van der Waals surface area contributed by atoms with Gasteiger partial charge in [0, 0.05) is 18.1 Å². The third-order valence-electron chi connectivity index (χ3n) is 2.38. The molecule has 0 spiro atoms. The molecule has 1 heterocycles. The Morgan fingerprint density at radius 1 is 1.41 bits per heavy atom. The molecule has 17 heavy (non-hydrogen) atoms. The second-order valence-corrected chi connectivity index (χ2v) is 4.33. The summed E-state index contributed by atoms with van der Waals surface area (Å²) in [5.41, 5.74) is 6.69. The molecule has 2 N–H and O–H groups in total. The maximum atomic E-state index is 6.11. The van der Waals surface area contributed by atoms with E-state index in [-0.39, 0.29) is 6.04 Å². The smallest absolute Gasteiger partial charge is 0.165 e. The zero-order chi connectivity index (χ0) is 12.4. The lowest BCUT2D eigenvalue weighted by Gasteiger charge is -2.10. The third-order valence-corrected chi connectivity index (χ3v) is 2.71. The van der Waals surface area contributed by atoms with Gasteiger partial charge in [-0.1, -0.05) is 17.7 Å². The Morgan fingerprint density at radius 3 is 2.71 bits per heavy atom. The lowest BCUT2D eigenvalue weighted by atomic mass is 10.1. The molecule has 0 saturated carbocycles. The second-order valence-electron chi connectivity index (χ2n) is 3.92. The summed E-state index contributed by atoms with van der Waals surface area (Å²) < 4.78 is 7.28. The molecular formula is C12H14ClN3O. The average Bonchev–Trinajstić information content (AvgIpc) is 2.63. The van der Waals surface area contributed by atoms with E-state index in [0.717, 1.165) is 5.56 Å². The van der Waals surface area contributed by atoms with Crippen LogP contribution in [-0.4, -0.2) is 9.78 Å². The van der Waals surface area contributed by atoms with Crippen molar-refractivity contribution in [2.24, 2.45) is 12.8 Å². The van der Waals surface area contributed by atoms with E-state index in [2.05, 4.69) is 5.10 Å². The molecule has 0 aliphatic rings. The van der Waals surface area contributed by atoms with Crippen LogP contribution >= 0.6 is 11.6 Å². The molecule has 0 fully saturated rings. The minimum absolute atomic E-state index is 0.0880. The van der Waals surface area contributed by atoms with E-state index in [0.29, 0.717) is 16.5 Å². The van der Waals surface area contributed by atoms with Gasteiger partial charge in [0.15, 0.2) is 5.75 Å². The molecule has 4 nitrogen and oxygen atoms in total. The summed E-state index contributed by atoms with van der Waals surface area (Å²) in [6.45, 7) is 1.89. The predicted octanol–water partition coefficient (Wildman–Crippen LogP) is 2.89. The van der Waals surface area contributed by atoms with E-state index in [9.17, 15) is 0 Å². The number of aryl methyl sites for hydroxylation is 1. The van der Waals surface area contributed by atoms with Gasteiger partial charge in [-0.25, -0.2) is 0 Å². The van der Waals surface area contributed by atoms with Crippen molar-refractivity contribution in [1.29, 1.82) is 0 Å². The van der Waals surface area contributed by atoms with Crippen LogP contribution in [0.15, 0.2) is 30.6 Å². The van der Waals surface area contributed by atoms with E-state index < -0.39 is 0 Å². The summed E-state index contributed by atoms with van der Waals surface area (Å²) in [4.78, 5) is 0. The Hall–Kier alpha value is -1.52. The third kappa shape index (κ3) is 2.78. The van der Waals surface area contributed by atoms with Gasteiger partial charge < -0.3 is 10.5 Å². The van der Waals surface area contributed by atoms with Crippen LogP contribution in [0, 0.1) is 0 Å². The van der Waals surface area contributed by atoms with Crippen LogP contribution in [0.4, 0.5) is 0 Å². The molecule has 1 atom stereocenters. The molecule has 2 aromatic rings. The molecule has 1 aromatic carbocycles. The number of aromatic nitrogens is 2. The number of hydrogen-bond acceptors (Lipinski definition) is 3. The van der Waals surface area contributed by atoms with Crippen molar-refractivity contribution < 1.29 is 4.74 Å². The molecule has 0 aliphatic carbocycles. The van der Waals surface area contributed by atoms with Crippen LogP contribution in [-0.2, 0) is 7.05 Å². The van der Waals surface area contributed by atoms with Crippen LogP contribution < -0.4 is 10.5 Å². The number of ether oxygens (including phenoxy) is 1. The molecule has 0 radical (unpaired) electrons. The molecule has 0 amide bonds. The molecule has 0 bridgehead atoms. The molecule has 2 rings (SSSR count). The van der Waals surface area contributed by atoms with Crippen molar-refractivity contribution in [1.82, 2.24) is 9.78 Å². The Kier molecular flexibility index (Phi) is 3.36. The van der Waals surface area contributed by atoms with Crippen LogP contribution in [0.1, 0.15) is 18.5 Å². The Bertz CT molecular complexity index is 522. The summed E-state index contributed by atoms with van der Waals surface area (Å²) >= 11 is 6.11. The number of halogens is 1. The highest BCUT2D eigenvalue weighted by atomic mass is 35.5. The highest BCUT2D eigenvalue weighted by Crippen LogP contribution is 2.28. The van der Waals surface area contributed by atoms with E-state index >= 15 is 0 Å². The summed E-state index contributed by atoms with van der Waals surface area (Å²) in [7, 11) is 1.83. The van der Waals surface area contributed by atoms with Crippen molar-refractivity contribution in [3.8, 4) is 11.5 Å². The fourth-order valence-electron chi connectivity index (χ4n) is 1.53. The first-order valence-electron chi connectivity index (χ1n) is 5.28. The molecule has 1 aromatic heterocycles. The predicted molar refractivity (Wildman–Crippen MR) is 67.3 cm³/mol. The fraction of sp³-hybridized carbons (Fsp3) is 0.250. The topological polar surface area (TPSA) is 53.1 Å². The molecule has 0 aliphatic heterocycles. The first-order chi connectivity index (χ1) is 8.06. The van der Waals surface area contributed by atoms with Gasteiger partial charge in [0.2, 0.25) is 0 Å². The van der Waals surface area contributed by atoms with Gasteiger partial charge in [-0.3, -0.25) is 4.68 Å². The van der Waals surface area contributed by atoms with Gasteiger partial charge in [0.1, 0.15) is 5.75 Å².